The van der Waals surface area contributed by atoms with Gasteiger partial charge in [-0.05, 0) is 18.2 Å². The first-order valence-electron chi connectivity index (χ1n) is 6.05. The number of carbonyl (C=O) groups excluding carboxylic acids is 1. The van der Waals surface area contributed by atoms with Crippen LogP contribution in [0, 0.1) is 0 Å². The summed E-state index contributed by atoms with van der Waals surface area (Å²) in [7, 11) is 0. The Morgan fingerprint density at radius 1 is 1.25 bits per heavy atom. The first-order valence-corrected chi connectivity index (χ1v) is 6.05. The molecule has 0 saturated carbocycles. The Bertz CT molecular complexity index is 679. The first-order chi connectivity index (χ1) is 9.58. The fraction of sp³-hybridized carbons (Fsp3) is 0.143. The van der Waals surface area contributed by atoms with Crippen molar-refractivity contribution in [3.8, 4) is 5.75 Å². The molecule has 1 aromatic heterocycles. The Balaban J connectivity index is 2.08. The van der Waals surface area contributed by atoms with E-state index in [4.69, 9.17) is 16.2 Å². The molecule has 0 aliphatic heterocycles. The van der Waals surface area contributed by atoms with E-state index in [0.29, 0.717) is 18.0 Å². The number of carbonyl (C=O) groups is 1. The third-order valence-electron chi connectivity index (χ3n) is 2.76. The highest BCUT2D eigenvalue weighted by atomic mass is 16.5. The third kappa shape index (κ3) is 3.17. The van der Waals surface area contributed by atoms with Crippen LogP contribution in [0.3, 0.4) is 0 Å². The summed E-state index contributed by atoms with van der Waals surface area (Å²) in [4.78, 5) is 22.8. The van der Waals surface area contributed by atoms with Crippen LogP contribution in [-0.4, -0.2) is 17.1 Å². The van der Waals surface area contributed by atoms with E-state index in [1.54, 1.807) is 24.4 Å². The lowest BCUT2D eigenvalue weighted by atomic mass is 10.2. The minimum Gasteiger partial charge on any atom is -0.491 e. The topological polar surface area (TPSA) is 100 Å². The monoisotopic (exact) mass is 273 g/mol. The lowest BCUT2D eigenvalue weighted by Crippen LogP contribution is -2.22. The van der Waals surface area contributed by atoms with Crippen LogP contribution in [0.1, 0.15) is 10.4 Å². The number of nitrogens with zero attached hydrogens (tertiary/aromatic N) is 1. The van der Waals surface area contributed by atoms with Crippen LogP contribution in [0.15, 0.2) is 47.4 Å². The zero-order chi connectivity index (χ0) is 14.5. The minimum absolute atomic E-state index is 0.112. The molecule has 0 bridgehead atoms. The Labute approximate surface area is 115 Å². The van der Waals surface area contributed by atoms with Gasteiger partial charge in [-0.25, -0.2) is 0 Å². The van der Waals surface area contributed by atoms with Crippen LogP contribution in [0.2, 0.25) is 0 Å². The normalized spacial score (nSPS) is 10.2. The number of aromatic nitrogens is 1. The number of pyridine rings is 1. The molecule has 1 aromatic carbocycles. The fourth-order valence-corrected chi connectivity index (χ4v) is 1.76. The van der Waals surface area contributed by atoms with E-state index in [9.17, 15) is 9.59 Å². The highest BCUT2D eigenvalue weighted by molar-refractivity contribution is 5.96. The molecule has 2 aromatic rings. The molecule has 20 heavy (non-hydrogen) atoms. The Kier molecular flexibility index (Phi) is 4.05. The quantitative estimate of drug-likeness (QED) is 0.779. The van der Waals surface area contributed by atoms with Gasteiger partial charge >= 0.3 is 0 Å². The average molecular weight is 273 g/mol. The molecule has 4 N–H and O–H groups in total. The second-order valence-corrected chi connectivity index (χ2v) is 4.20. The number of primary amides is 1. The molecule has 1 heterocycles. The smallest absolute Gasteiger partial charge is 0.252 e. The molecule has 0 unspecified atom stereocenters. The van der Waals surface area contributed by atoms with Gasteiger partial charge in [0.05, 0.1) is 12.1 Å². The van der Waals surface area contributed by atoms with Crippen molar-refractivity contribution in [1.29, 1.82) is 0 Å². The summed E-state index contributed by atoms with van der Waals surface area (Å²) in [5.74, 6) is -0.265. The molecule has 2 rings (SSSR count). The second kappa shape index (κ2) is 5.92. The fourth-order valence-electron chi connectivity index (χ4n) is 1.76. The van der Waals surface area contributed by atoms with Crippen molar-refractivity contribution in [2.45, 2.75) is 6.54 Å². The largest absolute Gasteiger partial charge is 0.491 e. The molecular formula is C14H15N3O3. The standard InChI is InChI=1S/C14H15N3O3/c15-10-4-5-11(14(16)19)12(9-10)20-8-7-17-6-2-1-3-13(17)18/h1-6,9H,7-8,15H2,(H2,16,19). The van der Waals surface area contributed by atoms with Gasteiger partial charge in [-0.3, -0.25) is 9.59 Å². The SMILES string of the molecule is NC(=O)c1ccc(N)cc1OCCn1ccccc1=O. The van der Waals surface area contributed by atoms with Gasteiger partial charge in [0.25, 0.3) is 11.5 Å². The molecule has 6 heteroatoms. The summed E-state index contributed by atoms with van der Waals surface area (Å²) in [5, 5.41) is 0. The van der Waals surface area contributed by atoms with Crippen LogP contribution in [0.5, 0.6) is 5.75 Å². The maximum Gasteiger partial charge on any atom is 0.252 e. The number of benzene rings is 1. The lowest BCUT2D eigenvalue weighted by molar-refractivity contribution is 0.0996. The van der Waals surface area contributed by atoms with Crippen LogP contribution in [0.25, 0.3) is 0 Å². The summed E-state index contributed by atoms with van der Waals surface area (Å²) in [6.45, 7) is 0.598. The molecule has 0 aliphatic rings. The number of anilines is 1. The molecular weight excluding hydrogens is 258 g/mol. The molecule has 1 amide bonds. The van der Waals surface area contributed by atoms with Gasteiger partial charge in [-0.15, -0.1) is 0 Å². The van der Waals surface area contributed by atoms with Gasteiger partial charge in [-0.1, -0.05) is 6.07 Å². The van der Waals surface area contributed by atoms with Crippen molar-refractivity contribution in [3.63, 3.8) is 0 Å². The van der Waals surface area contributed by atoms with Gasteiger partial charge in [0.1, 0.15) is 12.4 Å². The van der Waals surface area contributed by atoms with E-state index in [1.165, 1.54) is 22.8 Å². The number of hydrogen-bond acceptors (Lipinski definition) is 4. The number of amides is 1. The Morgan fingerprint density at radius 2 is 2.05 bits per heavy atom. The zero-order valence-electron chi connectivity index (χ0n) is 10.8. The highest BCUT2D eigenvalue weighted by Crippen LogP contribution is 2.21. The number of rotatable bonds is 5. The van der Waals surface area contributed by atoms with Crippen molar-refractivity contribution in [2.24, 2.45) is 5.73 Å². The van der Waals surface area contributed by atoms with Gasteiger partial charge < -0.3 is 20.8 Å². The minimum atomic E-state index is -0.586. The summed E-state index contributed by atoms with van der Waals surface area (Å²) in [6.07, 6.45) is 1.67. The van der Waals surface area contributed by atoms with Gasteiger partial charge in [0.2, 0.25) is 0 Å². The summed E-state index contributed by atoms with van der Waals surface area (Å²) < 4.78 is 7.01. The number of hydrogen-bond donors (Lipinski definition) is 2. The predicted octanol–water partition coefficient (Wildman–Crippen LogP) is 0.608. The molecule has 0 aliphatic carbocycles. The van der Waals surface area contributed by atoms with Gasteiger partial charge in [0.15, 0.2) is 0 Å². The van der Waals surface area contributed by atoms with E-state index < -0.39 is 5.91 Å². The molecule has 0 radical (unpaired) electrons. The zero-order valence-corrected chi connectivity index (χ0v) is 10.8. The average Bonchev–Trinajstić information content (AvgIpc) is 2.41. The number of ether oxygens (including phenoxy) is 1. The van der Waals surface area contributed by atoms with Crippen LogP contribution < -0.4 is 21.8 Å². The van der Waals surface area contributed by atoms with E-state index in [-0.39, 0.29) is 17.7 Å². The predicted molar refractivity (Wildman–Crippen MR) is 75.6 cm³/mol. The third-order valence-corrected chi connectivity index (χ3v) is 2.76. The van der Waals surface area contributed by atoms with E-state index >= 15 is 0 Å². The van der Waals surface area contributed by atoms with Crippen LogP contribution in [0.4, 0.5) is 5.69 Å². The first kappa shape index (κ1) is 13.7. The van der Waals surface area contributed by atoms with Gasteiger partial charge in [0, 0.05) is 24.0 Å². The van der Waals surface area contributed by atoms with Crippen LogP contribution >= 0.6 is 0 Å². The summed E-state index contributed by atoms with van der Waals surface area (Å²) in [5.41, 5.74) is 11.5. The van der Waals surface area contributed by atoms with Crippen molar-refractivity contribution >= 4 is 11.6 Å². The van der Waals surface area contributed by atoms with Crippen molar-refractivity contribution < 1.29 is 9.53 Å². The van der Waals surface area contributed by atoms with Gasteiger partial charge in [-0.2, -0.15) is 0 Å². The molecule has 0 saturated heterocycles. The number of nitrogen functional groups attached to an aromatic ring is 1. The van der Waals surface area contributed by atoms with E-state index in [0.717, 1.165) is 0 Å². The molecule has 104 valence electrons. The summed E-state index contributed by atoms with van der Waals surface area (Å²) in [6, 6.07) is 9.53. The van der Waals surface area contributed by atoms with Crippen molar-refractivity contribution in [3.05, 3.63) is 58.5 Å². The van der Waals surface area contributed by atoms with E-state index in [1.807, 2.05) is 0 Å². The summed E-state index contributed by atoms with van der Waals surface area (Å²) >= 11 is 0. The molecule has 0 fully saturated rings. The molecule has 0 spiro atoms. The Hall–Kier alpha value is -2.76. The van der Waals surface area contributed by atoms with Crippen molar-refractivity contribution in [2.75, 3.05) is 12.3 Å². The lowest BCUT2D eigenvalue weighted by Gasteiger charge is -2.11. The highest BCUT2D eigenvalue weighted by Gasteiger charge is 2.09. The van der Waals surface area contributed by atoms with Crippen LogP contribution in [-0.2, 0) is 6.54 Å². The number of nitrogens with two attached hydrogens (primary N) is 2. The molecule has 6 nitrogen and oxygen atoms in total. The maximum atomic E-state index is 11.5. The van der Waals surface area contributed by atoms with Crippen molar-refractivity contribution in [1.82, 2.24) is 4.57 Å². The maximum absolute atomic E-state index is 11.5. The second-order valence-electron chi connectivity index (χ2n) is 4.20. The van der Waals surface area contributed by atoms with E-state index in [2.05, 4.69) is 0 Å². The molecule has 0 atom stereocenters. The Morgan fingerprint density at radius 3 is 2.75 bits per heavy atom.